The molecule has 0 bridgehead atoms. The van der Waals surface area contributed by atoms with Crippen molar-refractivity contribution < 1.29 is 18.3 Å². The Balaban J connectivity index is 2.27. The molecular formula is C16H15F2NO2. The van der Waals surface area contributed by atoms with E-state index in [4.69, 9.17) is 4.74 Å². The van der Waals surface area contributed by atoms with E-state index in [1.807, 2.05) is 0 Å². The number of carbonyl (C=O) groups excluding carboxylic acids is 1. The predicted octanol–water partition coefficient (Wildman–Crippen LogP) is 3.25. The van der Waals surface area contributed by atoms with Crippen LogP contribution in [-0.2, 0) is 16.0 Å². The van der Waals surface area contributed by atoms with Crippen molar-refractivity contribution >= 4 is 5.97 Å². The van der Waals surface area contributed by atoms with Crippen molar-refractivity contribution in [3.63, 3.8) is 0 Å². The molecule has 5 heteroatoms. The van der Waals surface area contributed by atoms with Crippen LogP contribution in [0.25, 0.3) is 0 Å². The number of ether oxygens (including phenoxy) is 1. The molecular weight excluding hydrogens is 276 g/mol. The fraction of sp³-hybridized carbons (Fsp3) is 0.250. The highest BCUT2D eigenvalue weighted by Crippen LogP contribution is 2.22. The van der Waals surface area contributed by atoms with Crippen LogP contribution in [0.2, 0.25) is 0 Å². The fourth-order valence-electron chi connectivity index (χ4n) is 2.04. The average Bonchev–Trinajstić information content (AvgIpc) is 2.49. The van der Waals surface area contributed by atoms with Gasteiger partial charge in [0.2, 0.25) is 0 Å². The van der Waals surface area contributed by atoms with Crippen LogP contribution in [-0.4, -0.2) is 17.6 Å². The number of nitrogens with zero attached hydrogens (tertiary/aromatic N) is 1. The first-order chi connectivity index (χ1) is 10.1. The molecule has 0 fully saturated rings. The van der Waals surface area contributed by atoms with E-state index >= 15 is 0 Å². The van der Waals surface area contributed by atoms with E-state index in [0.29, 0.717) is 11.3 Å². The Labute approximate surface area is 121 Å². The van der Waals surface area contributed by atoms with Crippen molar-refractivity contribution in [3.8, 4) is 0 Å². The number of halogens is 2. The number of benzene rings is 1. The van der Waals surface area contributed by atoms with E-state index in [9.17, 15) is 13.6 Å². The van der Waals surface area contributed by atoms with Crippen LogP contribution in [0, 0.1) is 11.6 Å². The molecule has 1 aromatic carbocycles. The zero-order valence-electron chi connectivity index (χ0n) is 11.6. The molecule has 1 heterocycles. The summed E-state index contributed by atoms with van der Waals surface area (Å²) in [6.07, 6.45) is 1.78. The van der Waals surface area contributed by atoms with Crippen LogP contribution in [0.5, 0.6) is 0 Å². The van der Waals surface area contributed by atoms with Gasteiger partial charge in [-0.3, -0.25) is 9.78 Å². The molecule has 110 valence electrons. The topological polar surface area (TPSA) is 39.2 Å². The molecule has 0 aliphatic rings. The second-order valence-corrected chi connectivity index (χ2v) is 4.51. The zero-order chi connectivity index (χ0) is 15.2. The summed E-state index contributed by atoms with van der Waals surface area (Å²) in [5.41, 5.74) is 1.05. The smallest absolute Gasteiger partial charge is 0.315 e. The molecule has 21 heavy (non-hydrogen) atoms. The standard InChI is InChI=1S/C16H15F2NO2/c1-2-21-16(20)12(15-5-3-4-8-19-15)9-11-6-7-13(17)14(18)10-11/h3-8,10,12H,2,9H2,1H3. The van der Waals surface area contributed by atoms with Gasteiger partial charge in [-0.15, -0.1) is 0 Å². The Morgan fingerprint density at radius 3 is 2.67 bits per heavy atom. The van der Waals surface area contributed by atoms with Crippen molar-refractivity contribution in [2.24, 2.45) is 0 Å². The quantitative estimate of drug-likeness (QED) is 0.794. The van der Waals surface area contributed by atoms with Gasteiger partial charge in [0.1, 0.15) is 5.92 Å². The van der Waals surface area contributed by atoms with Gasteiger partial charge in [0.25, 0.3) is 0 Å². The van der Waals surface area contributed by atoms with Crippen LogP contribution >= 0.6 is 0 Å². The Hall–Kier alpha value is -2.30. The minimum atomic E-state index is -0.934. The summed E-state index contributed by atoms with van der Waals surface area (Å²) >= 11 is 0. The highest BCUT2D eigenvalue weighted by atomic mass is 19.2. The lowest BCUT2D eigenvalue weighted by molar-refractivity contribution is -0.145. The van der Waals surface area contributed by atoms with E-state index in [-0.39, 0.29) is 13.0 Å². The van der Waals surface area contributed by atoms with Crippen molar-refractivity contribution in [2.45, 2.75) is 19.3 Å². The lowest BCUT2D eigenvalue weighted by atomic mass is 9.95. The van der Waals surface area contributed by atoms with Crippen molar-refractivity contribution in [3.05, 3.63) is 65.5 Å². The lowest BCUT2D eigenvalue weighted by Crippen LogP contribution is -2.19. The van der Waals surface area contributed by atoms with E-state index in [0.717, 1.165) is 12.1 Å². The van der Waals surface area contributed by atoms with Gasteiger partial charge < -0.3 is 4.74 Å². The maximum Gasteiger partial charge on any atom is 0.315 e. The van der Waals surface area contributed by atoms with Crippen LogP contribution < -0.4 is 0 Å². The molecule has 1 unspecified atom stereocenters. The second-order valence-electron chi connectivity index (χ2n) is 4.51. The molecule has 0 saturated carbocycles. The summed E-state index contributed by atoms with van der Waals surface area (Å²) in [5.74, 6) is -2.92. The number of carbonyl (C=O) groups is 1. The summed E-state index contributed by atoms with van der Waals surface area (Å²) in [4.78, 5) is 16.2. The average molecular weight is 291 g/mol. The second kappa shape index (κ2) is 6.92. The van der Waals surface area contributed by atoms with Gasteiger partial charge >= 0.3 is 5.97 Å². The lowest BCUT2D eigenvalue weighted by Gasteiger charge is -2.15. The van der Waals surface area contributed by atoms with Crippen LogP contribution in [0.1, 0.15) is 24.1 Å². The highest BCUT2D eigenvalue weighted by molar-refractivity contribution is 5.78. The number of rotatable bonds is 5. The molecule has 0 aliphatic carbocycles. The van der Waals surface area contributed by atoms with Crippen molar-refractivity contribution in [1.82, 2.24) is 4.98 Å². The Kier molecular flexibility index (Phi) is 4.98. The third-order valence-corrected chi connectivity index (χ3v) is 3.04. The molecule has 0 aliphatic heterocycles. The first-order valence-corrected chi connectivity index (χ1v) is 6.63. The van der Waals surface area contributed by atoms with E-state index in [1.165, 1.54) is 6.07 Å². The molecule has 3 nitrogen and oxygen atoms in total. The van der Waals surface area contributed by atoms with Gasteiger partial charge in [-0.2, -0.15) is 0 Å². The third-order valence-electron chi connectivity index (χ3n) is 3.04. The molecule has 0 amide bonds. The minimum absolute atomic E-state index is 0.201. The summed E-state index contributed by atoms with van der Waals surface area (Å²) in [7, 11) is 0. The largest absolute Gasteiger partial charge is 0.465 e. The first kappa shape index (κ1) is 15.1. The third kappa shape index (κ3) is 3.84. The van der Waals surface area contributed by atoms with Crippen molar-refractivity contribution in [1.29, 1.82) is 0 Å². The van der Waals surface area contributed by atoms with Crippen LogP contribution in [0.15, 0.2) is 42.6 Å². The molecule has 2 rings (SSSR count). The zero-order valence-corrected chi connectivity index (χ0v) is 11.6. The molecule has 0 saturated heterocycles. The van der Waals surface area contributed by atoms with Gasteiger partial charge in [0, 0.05) is 6.20 Å². The molecule has 1 aromatic heterocycles. The predicted molar refractivity (Wildman–Crippen MR) is 73.7 cm³/mol. The Morgan fingerprint density at radius 1 is 1.24 bits per heavy atom. The molecule has 1 atom stereocenters. The normalized spacial score (nSPS) is 12.0. The van der Waals surface area contributed by atoms with Gasteiger partial charge in [-0.05, 0) is 43.2 Å². The monoisotopic (exact) mass is 291 g/mol. The maximum atomic E-state index is 13.3. The summed E-state index contributed by atoms with van der Waals surface area (Å²) in [5, 5.41) is 0. The van der Waals surface area contributed by atoms with Gasteiger partial charge in [-0.1, -0.05) is 12.1 Å². The van der Waals surface area contributed by atoms with Gasteiger partial charge in [0.05, 0.1) is 12.3 Å². The fourth-order valence-corrected chi connectivity index (χ4v) is 2.04. The van der Waals surface area contributed by atoms with Crippen LogP contribution in [0.4, 0.5) is 8.78 Å². The first-order valence-electron chi connectivity index (χ1n) is 6.63. The number of hydrogen-bond donors (Lipinski definition) is 0. The Bertz CT molecular complexity index is 617. The van der Waals surface area contributed by atoms with Gasteiger partial charge in [-0.25, -0.2) is 8.78 Å². The summed E-state index contributed by atoms with van der Waals surface area (Å²) in [6.45, 7) is 1.96. The number of aromatic nitrogens is 1. The highest BCUT2D eigenvalue weighted by Gasteiger charge is 2.24. The Morgan fingerprint density at radius 2 is 2.05 bits per heavy atom. The van der Waals surface area contributed by atoms with Crippen molar-refractivity contribution in [2.75, 3.05) is 6.61 Å². The number of pyridine rings is 1. The van der Waals surface area contributed by atoms with Crippen LogP contribution in [0.3, 0.4) is 0 Å². The molecule has 0 radical (unpaired) electrons. The molecule has 2 aromatic rings. The number of hydrogen-bond acceptors (Lipinski definition) is 3. The van der Waals surface area contributed by atoms with E-state index in [1.54, 1.807) is 31.3 Å². The minimum Gasteiger partial charge on any atom is -0.465 e. The van der Waals surface area contributed by atoms with E-state index in [2.05, 4.69) is 4.98 Å². The maximum absolute atomic E-state index is 13.3. The molecule has 0 spiro atoms. The summed E-state index contributed by atoms with van der Waals surface area (Å²) < 4.78 is 31.3. The summed E-state index contributed by atoms with van der Waals surface area (Å²) in [6, 6.07) is 8.80. The van der Waals surface area contributed by atoms with E-state index < -0.39 is 23.5 Å². The molecule has 0 N–H and O–H groups in total. The number of esters is 1. The van der Waals surface area contributed by atoms with Gasteiger partial charge in [0.15, 0.2) is 11.6 Å². The SMILES string of the molecule is CCOC(=O)C(Cc1ccc(F)c(F)c1)c1ccccn1.